The topological polar surface area (TPSA) is 64.0 Å². The molecular weight excluding hydrogens is 238 g/mol. The standard InChI is InChI=1S/C11H21N3O2S/c1-10(11(2)14-8-4-7-13-14)12-6-5-9-17(3,15)16/h4,7-8,10-12H,5-6,9H2,1-3H3/t10-,11+/m1/s1. The van der Waals surface area contributed by atoms with Gasteiger partial charge in [0.05, 0.1) is 11.8 Å². The van der Waals surface area contributed by atoms with Crippen LogP contribution in [0.15, 0.2) is 18.5 Å². The normalized spacial score (nSPS) is 15.7. The van der Waals surface area contributed by atoms with Gasteiger partial charge in [-0.2, -0.15) is 5.10 Å². The second kappa shape index (κ2) is 6.16. The Bertz CT molecular complexity index is 414. The van der Waals surface area contributed by atoms with E-state index in [0.717, 1.165) is 0 Å². The average Bonchev–Trinajstić information content (AvgIpc) is 2.74. The van der Waals surface area contributed by atoms with Gasteiger partial charge >= 0.3 is 0 Å². The molecule has 1 N–H and O–H groups in total. The molecule has 0 saturated heterocycles. The highest BCUT2D eigenvalue weighted by Gasteiger charge is 2.13. The molecule has 17 heavy (non-hydrogen) atoms. The fourth-order valence-corrected chi connectivity index (χ4v) is 2.25. The van der Waals surface area contributed by atoms with Gasteiger partial charge in [-0.1, -0.05) is 0 Å². The van der Waals surface area contributed by atoms with Crippen molar-refractivity contribution in [1.82, 2.24) is 15.1 Å². The SMILES string of the molecule is C[C@@H](NCCCS(C)(=O)=O)[C@H](C)n1cccn1. The fourth-order valence-electron chi connectivity index (χ4n) is 1.59. The van der Waals surface area contributed by atoms with Crippen LogP contribution in [0.1, 0.15) is 26.3 Å². The van der Waals surface area contributed by atoms with Gasteiger partial charge in [-0.3, -0.25) is 4.68 Å². The summed E-state index contributed by atoms with van der Waals surface area (Å²) in [6, 6.07) is 2.41. The highest BCUT2D eigenvalue weighted by atomic mass is 32.2. The number of sulfone groups is 1. The van der Waals surface area contributed by atoms with Crippen molar-refractivity contribution in [3.8, 4) is 0 Å². The molecule has 0 radical (unpaired) electrons. The number of aromatic nitrogens is 2. The predicted molar refractivity (Wildman–Crippen MR) is 68.7 cm³/mol. The second-order valence-electron chi connectivity index (χ2n) is 4.45. The first kappa shape index (κ1) is 14.2. The Kier molecular flexibility index (Phi) is 5.14. The van der Waals surface area contributed by atoms with Gasteiger partial charge in [0.1, 0.15) is 9.84 Å². The van der Waals surface area contributed by atoms with Gasteiger partial charge in [-0.15, -0.1) is 0 Å². The van der Waals surface area contributed by atoms with E-state index in [-0.39, 0.29) is 17.8 Å². The zero-order valence-electron chi connectivity index (χ0n) is 10.6. The molecule has 2 atom stereocenters. The molecule has 1 rings (SSSR count). The lowest BCUT2D eigenvalue weighted by Gasteiger charge is -2.21. The summed E-state index contributed by atoms with van der Waals surface area (Å²) in [5, 5.41) is 7.50. The minimum atomic E-state index is -2.84. The highest BCUT2D eigenvalue weighted by Crippen LogP contribution is 2.08. The van der Waals surface area contributed by atoms with Gasteiger partial charge in [0.25, 0.3) is 0 Å². The van der Waals surface area contributed by atoms with Crippen molar-refractivity contribution >= 4 is 9.84 Å². The summed E-state index contributed by atoms with van der Waals surface area (Å²) in [6.07, 6.45) is 5.60. The smallest absolute Gasteiger partial charge is 0.147 e. The quantitative estimate of drug-likeness (QED) is 0.738. The van der Waals surface area contributed by atoms with Gasteiger partial charge in [0, 0.05) is 24.7 Å². The number of nitrogens with one attached hydrogen (secondary N) is 1. The molecule has 0 aliphatic heterocycles. The Hall–Kier alpha value is -0.880. The van der Waals surface area contributed by atoms with Gasteiger partial charge in [-0.25, -0.2) is 8.42 Å². The zero-order chi connectivity index (χ0) is 12.9. The molecule has 1 aromatic rings. The molecule has 6 heteroatoms. The van der Waals surface area contributed by atoms with Crippen molar-refractivity contribution in [3.63, 3.8) is 0 Å². The van der Waals surface area contributed by atoms with Crippen molar-refractivity contribution in [3.05, 3.63) is 18.5 Å². The lowest BCUT2D eigenvalue weighted by Crippen LogP contribution is -2.35. The summed E-state index contributed by atoms with van der Waals surface area (Å²) in [4.78, 5) is 0. The van der Waals surface area contributed by atoms with Gasteiger partial charge < -0.3 is 5.32 Å². The van der Waals surface area contributed by atoms with Gasteiger partial charge in [0.2, 0.25) is 0 Å². The van der Waals surface area contributed by atoms with Crippen molar-refractivity contribution in [2.75, 3.05) is 18.6 Å². The van der Waals surface area contributed by atoms with Crippen LogP contribution in [0, 0.1) is 0 Å². The molecule has 0 unspecified atom stereocenters. The van der Waals surface area contributed by atoms with E-state index in [1.807, 2.05) is 16.9 Å². The summed E-state index contributed by atoms with van der Waals surface area (Å²) in [5.41, 5.74) is 0. The van der Waals surface area contributed by atoms with Crippen molar-refractivity contribution in [1.29, 1.82) is 0 Å². The van der Waals surface area contributed by atoms with Gasteiger partial charge in [-0.05, 0) is 32.9 Å². The molecule has 0 aliphatic rings. The van der Waals surface area contributed by atoms with E-state index in [2.05, 4.69) is 24.3 Å². The Balaban J connectivity index is 2.28. The Morgan fingerprint density at radius 3 is 2.65 bits per heavy atom. The van der Waals surface area contributed by atoms with Crippen LogP contribution in [0.4, 0.5) is 0 Å². The summed E-state index contributed by atoms with van der Waals surface area (Å²) in [6.45, 7) is 4.87. The molecular formula is C11H21N3O2S. The monoisotopic (exact) mass is 259 g/mol. The first-order valence-corrected chi connectivity index (χ1v) is 7.86. The summed E-state index contributed by atoms with van der Waals surface area (Å²) in [5.74, 6) is 0.239. The molecule has 0 spiro atoms. The van der Waals surface area contributed by atoms with Crippen LogP contribution in [-0.2, 0) is 9.84 Å². The summed E-state index contributed by atoms with van der Waals surface area (Å²) < 4.78 is 23.8. The third-order valence-electron chi connectivity index (χ3n) is 2.82. The van der Waals surface area contributed by atoms with Crippen LogP contribution in [0.25, 0.3) is 0 Å². The molecule has 0 fully saturated rings. The van der Waals surface area contributed by atoms with E-state index >= 15 is 0 Å². The summed E-state index contributed by atoms with van der Waals surface area (Å²) >= 11 is 0. The maximum atomic E-state index is 11.0. The zero-order valence-corrected chi connectivity index (χ0v) is 11.4. The fraction of sp³-hybridized carbons (Fsp3) is 0.727. The van der Waals surface area contributed by atoms with Crippen molar-refractivity contribution in [2.24, 2.45) is 0 Å². The number of nitrogens with zero attached hydrogens (tertiary/aromatic N) is 2. The first-order chi connectivity index (χ1) is 7.90. The second-order valence-corrected chi connectivity index (χ2v) is 6.71. The van der Waals surface area contributed by atoms with E-state index in [1.165, 1.54) is 6.26 Å². The largest absolute Gasteiger partial charge is 0.312 e. The minimum absolute atomic E-state index is 0.239. The van der Waals surface area contributed by atoms with Crippen LogP contribution in [0.2, 0.25) is 0 Å². The highest BCUT2D eigenvalue weighted by molar-refractivity contribution is 7.90. The third kappa shape index (κ3) is 5.32. The molecule has 0 aliphatic carbocycles. The van der Waals surface area contributed by atoms with Crippen LogP contribution in [-0.4, -0.2) is 42.8 Å². The van der Waals surface area contributed by atoms with E-state index < -0.39 is 9.84 Å². The van der Waals surface area contributed by atoms with Crippen molar-refractivity contribution in [2.45, 2.75) is 32.4 Å². The molecule has 5 nitrogen and oxygen atoms in total. The molecule has 0 bridgehead atoms. The van der Waals surface area contributed by atoms with Crippen LogP contribution in [0.5, 0.6) is 0 Å². The van der Waals surface area contributed by atoms with Crippen LogP contribution >= 0.6 is 0 Å². The molecule has 1 aromatic heterocycles. The number of rotatable bonds is 7. The lowest BCUT2D eigenvalue weighted by atomic mass is 10.2. The molecule has 0 amide bonds. The predicted octanol–water partition coefficient (Wildman–Crippen LogP) is 0.857. The maximum Gasteiger partial charge on any atom is 0.147 e. The Labute approximate surface area is 103 Å². The van der Waals surface area contributed by atoms with E-state index in [0.29, 0.717) is 13.0 Å². The lowest BCUT2D eigenvalue weighted by molar-refractivity contribution is 0.367. The van der Waals surface area contributed by atoms with Crippen LogP contribution < -0.4 is 5.32 Å². The van der Waals surface area contributed by atoms with E-state index in [4.69, 9.17) is 0 Å². The van der Waals surface area contributed by atoms with Crippen LogP contribution in [0.3, 0.4) is 0 Å². The molecule has 0 aromatic carbocycles. The van der Waals surface area contributed by atoms with Crippen molar-refractivity contribution < 1.29 is 8.42 Å². The molecule has 1 heterocycles. The molecule has 98 valence electrons. The van der Waals surface area contributed by atoms with E-state index in [9.17, 15) is 8.42 Å². The minimum Gasteiger partial charge on any atom is -0.312 e. The first-order valence-electron chi connectivity index (χ1n) is 5.80. The average molecular weight is 259 g/mol. The number of hydrogen-bond donors (Lipinski definition) is 1. The maximum absolute atomic E-state index is 11.0. The third-order valence-corrected chi connectivity index (χ3v) is 3.85. The van der Waals surface area contributed by atoms with Gasteiger partial charge in [0.15, 0.2) is 0 Å². The van der Waals surface area contributed by atoms with E-state index in [1.54, 1.807) is 6.20 Å². The number of hydrogen-bond acceptors (Lipinski definition) is 4. The Morgan fingerprint density at radius 2 is 2.12 bits per heavy atom. The molecule has 0 saturated carbocycles. The summed E-state index contributed by atoms with van der Waals surface area (Å²) in [7, 11) is -2.84. The Morgan fingerprint density at radius 1 is 1.41 bits per heavy atom.